The summed E-state index contributed by atoms with van der Waals surface area (Å²) in [5.74, 6) is -1.02. The third kappa shape index (κ3) is 8.72. The first-order chi connectivity index (χ1) is 19.3. The lowest BCUT2D eigenvalue weighted by Gasteiger charge is -2.12. The molecule has 40 heavy (non-hydrogen) atoms. The highest BCUT2D eigenvalue weighted by Gasteiger charge is 2.16. The maximum Gasteiger partial charge on any atom is 0.272 e. The van der Waals surface area contributed by atoms with Crippen LogP contribution in [0.4, 0.5) is 11.4 Å². The number of carbonyl (C=O) groups is 3. The van der Waals surface area contributed by atoms with Crippen LogP contribution in [0, 0.1) is 0 Å². The average molecular weight is 655 g/mol. The molecule has 0 aliphatic carbocycles. The molecule has 0 bridgehead atoms. The van der Waals surface area contributed by atoms with E-state index in [0.29, 0.717) is 27.0 Å². The van der Waals surface area contributed by atoms with Gasteiger partial charge in [0.25, 0.3) is 11.8 Å². The fraction of sp³-hybridized carbons (Fsp3) is 0.0333. The lowest BCUT2D eigenvalue weighted by molar-refractivity contribution is -0.114. The Morgan fingerprint density at radius 1 is 0.825 bits per heavy atom. The van der Waals surface area contributed by atoms with Gasteiger partial charge in [0.2, 0.25) is 5.91 Å². The number of rotatable bonds is 9. The van der Waals surface area contributed by atoms with E-state index in [-0.39, 0.29) is 17.4 Å². The van der Waals surface area contributed by atoms with Crippen molar-refractivity contribution in [3.8, 4) is 0 Å². The zero-order valence-corrected chi connectivity index (χ0v) is 24.7. The molecule has 0 atom stereocenters. The maximum absolute atomic E-state index is 13.3. The predicted molar refractivity (Wildman–Crippen MR) is 167 cm³/mol. The highest BCUT2D eigenvalue weighted by molar-refractivity contribution is 9.10. The summed E-state index contributed by atoms with van der Waals surface area (Å²) in [4.78, 5) is 39.3. The predicted octanol–water partition coefficient (Wildman–Crippen LogP) is 7.90. The second-order valence-corrected chi connectivity index (χ2v) is 11.2. The van der Waals surface area contributed by atoms with Crippen LogP contribution in [0.5, 0.6) is 0 Å². The molecule has 0 saturated heterocycles. The first kappa shape index (κ1) is 29.4. The van der Waals surface area contributed by atoms with Crippen molar-refractivity contribution < 1.29 is 14.4 Å². The van der Waals surface area contributed by atoms with Gasteiger partial charge < -0.3 is 16.0 Å². The van der Waals surface area contributed by atoms with Crippen LogP contribution >= 0.6 is 50.9 Å². The summed E-state index contributed by atoms with van der Waals surface area (Å²) in [6.07, 6.45) is 1.60. The van der Waals surface area contributed by atoms with Crippen molar-refractivity contribution in [2.75, 3.05) is 16.4 Å². The summed E-state index contributed by atoms with van der Waals surface area (Å²) in [5.41, 5.74) is 2.21. The normalized spacial score (nSPS) is 11.0. The molecule has 0 saturated carbocycles. The van der Waals surface area contributed by atoms with Crippen molar-refractivity contribution >= 4 is 86.1 Å². The van der Waals surface area contributed by atoms with Gasteiger partial charge in [-0.15, -0.1) is 11.8 Å². The molecule has 0 aliphatic rings. The number of amides is 3. The monoisotopic (exact) mass is 653 g/mol. The molecule has 0 radical (unpaired) electrons. The molecule has 4 rings (SSSR count). The van der Waals surface area contributed by atoms with Gasteiger partial charge >= 0.3 is 0 Å². The SMILES string of the molecule is O=C(CSc1cccc(NC(=O)/C(=C/c2ccc(Br)cc2)NC(=O)c2ccccc2)c1)Nc1ccc(Cl)cc1Cl. The molecule has 0 unspecified atom stereocenters. The Morgan fingerprint density at radius 3 is 2.30 bits per heavy atom. The van der Waals surface area contributed by atoms with Gasteiger partial charge in [-0.2, -0.15) is 0 Å². The molecule has 0 aliphatic heterocycles. The minimum Gasteiger partial charge on any atom is -0.324 e. The van der Waals surface area contributed by atoms with Crippen molar-refractivity contribution in [2.45, 2.75) is 4.90 Å². The average Bonchev–Trinajstić information content (AvgIpc) is 2.95. The number of halogens is 3. The van der Waals surface area contributed by atoms with E-state index in [1.807, 2.05) is 36.4 Å². The van der Waals surface area contributed by atoms with Gasteiger partial charge in [-0.25, -0.2) is 0 Å². The zero-order chi connectivity index (χ0) is 28.5. The molecule has 0 aromatic heterocycles. The van der Waals surface area contributed by atoms with Crippen molar-refractivity contribution in [3.63, 3.8) is 0 Å². The first-order valence-corrected chi connectivity index (χ1v) is 14.4. The molecule has 202 valence electrons. The summed E-state index contributed by atoms with van der Waals surface area (Å²) in [6.45, 7) is 0. The maximum atomic E-state index is 13.3. The third-order valence-corrected chi connectivity index (χ3v) is 7.45. The summed E-state index contributed by atoms with van der Waals surface area (Å²) in [5, 5.41) is 9.14. The van der Waals surface area contributed by atoms with E-state index >= 15 is 0 Å². The zero-order valence-electron chi connectivity index (χ0n) is 20.8. The molecular weight excluding hydrogens is 633 g/mol. The van der Waals surface area contributed by atoms with E-state index in [9.17, 15) is 14.4 Å². The van der Waals surface area contributed by atoms with E-state index in [1.165, 1.54) is 11.8 Å². The van der Waals surface area contributed by atoms with Crippen LogP contribution in [0.2, 0.25) is 10.0 Å². The topological polar surface area (TPSA) is 87.3 Å². The van der Waals surface area contributed by atoms with Gasteiger partial charge in [-0.1, -0.05) is 75.5 Å². The smallest absolute Gasteiger partial charge is 0.272 e. The van der Waals surface area contributed by atoms with Gasteiger partial charge in [-0.3, -0.25) is 14.4 Å². The van der Waals surface area contributed by atoms with Crippen LogP contribution in [-0.4, -0.2) is 23.5 Å². The summed E-state index contributed by atoms with van der Waals surface area (Å²) < 4.78 is 0.892. The summed E-state index contributed by atoms with van der Waals surface area (Å²) in [7, 11) is 0. The quantitative estimate of drug-likeness (QED) is 0.127. The van der Waals surface area contributed by atoms with E-state index < -0.39 is 11.8 Å². The minimum atomic E-state index is -0.496. The van der Waals surface area contributed by atoms with Gasteiger partial charge in [-0.05, 0) is 72.3 Å². The van der Waals surface area contributed by atoms with Crippen LogP contribution in [-0.2, 0) is 9.59 Å². The summed E-state index contributed by atoms with van der Waals surface area (Å²) in [6, 6.07) is 27.9. The number of hydrogen-bond donors (Lipinski definition) is 3. The fourth-order valence-corrected chi connectivity index (χ4v) is 4.93. The largest absolute Gasteiger partial charge is 0.324 e. The molecule has 3 amide bonds. The third-order valence-electron chi connectivity index (χ3n) is 5.38. The first-order valence-electron chi connectivity index (χ1n) is 11.9. The van der Waals surface area contributed by atoms with Crippen molar-refractivity contribution in [2.24, 2.45) is 0 Å². The second kappa shape index (κ2) is 14.2. The van der Waals surface area contributed by atoms with Gasteiger partial charge in [0.1, 0.15) is 5.70 Å². The Bertz CT molecular complexity index is 1560. The number of thioether (sulfide) groups is 1. The fourth-order valence-electron chi connectivity index (χ4n) is 3.46. The molecule has 4 aromatic carbocycles. The minimum absolute atomic E-state index is 0.0773. The van der Waals surface area contributed by atoms with E-state index in [4.69, 9.17) is 23.2 Å². The van der Waals surface area contributed by atoms with Crippen LogP contribution in [0.25, 0.3) is 6.08 Å². The molecule has 0 fully saturated rings. The molecule has 3 N–H and O–H groups in total. The number of carbonyl (C=O) groups excluding carboxylic acids is 3. The molecule has 0 spiro atoms. The number of nitrogens with one attached hydrogen (secondary N) is 3. The lowest BCUT2D eigenvalue weighted by Crippen LogP contribution is -2.30. The number of hydrogen-bond acceptors (Lipinski definition) is 4. The Morgan fingerprint density at radius 2 is 1.57 bits per heavy atom. The van der Waals surface area contributed by atoms with Gasteiger partial charge in [0.15, 0.2) is 0 Å². The molecular formula is C30H22BrCl2N3O3S. The second-order valence-electron chi connectivity index (χ2n) is 8.37. The number of anilines is 2. The van der Waals surface area contributed by atoms with Crippen LogP contribution in [0.15, 0.2) is 112 Å². The van der Waals surface area contributed by atoms with Crippen LogP contribution < -0.4 is 16.0 Å². The lowest BCUT2D eigenvalue weighted by atomic mass is 10.1. The Labute approximate surface area is 254 Å². The molecule has 6 nitrogen and oxygen atoms in total. The van der Waals surface area contributed by atoms with Crippen molar-refractivity contribution in [1.29, 1.82) is 0 Å². The van der Waals surface area contributed by atoms with E-state index in [1.54, 1.807) is 66.7 Å². The van der Waals surface area contributed by atoms with Crippen molar-refractivity contribution in [1.82, 2.24) is 5.32 Å². The molecule has 0 heterocycles. The standard InChI is InChI=1S/C30H22BrCl2N3O3S/c31-21-11-9-19(10-12-21)15-27(36-29(38)20-5-2-1-3-6-20)30(39)34-23-7-4-8-24(17-23)40-18-28(37)35-26-14-13-22(32)16-25(26)33/h1-17H,18H2,(H,34,39)(H,35,37)(H,36,38)/b27-15-. The highest BCUT2D eigenvalue weighted by Crippen LogP contribution is 2.27. The molecule has 10 heteroatoms. The van der Waals surface area contributed by atoms with Gasteiger partial charge in [0, 0.05) is 25.6 Å². The van der Waals surface area contributed by atoms with Gasteiger partial charge in [0.05, 0.1) is 16.5 Å². The van der Waals surface area contributed by atoms with Crippen LogP contribution in [0.3, 0.4) is 0 Å². The number of benzene rings is 4. The Hall–Kier alpha value is -3.56. The Kier molecular flexibility index (Phi) is 10.4. The Balaban J connectivity index is 1.44. The van der Waals surface area contributed by atoms with Crippen LogP contribution in [0.1, 0.15) is 15.9 Å². The molecule has 4 aromatic rings. The highest BCUT2D eigenvalue weighted by atomic mass is 79.9. The van der Waals surface area contributed by atoms with E-state index in [2.05, 4.69) is 31.9 Å². The van der Waals surface area contributed by atoms with Crippen molar-refractivity contribution in [3.05, 3.63) is 128 Å². The summed E-state index contributed by atoms with van der Waals surface area (Å²) >= 11 is 16.7. The van der Waals surface area contributed by atoms with E-state index in [0.717, 1.165) is 14.9 Å².